The van der Waals surface area contributed by atoms with Crippen LogP contribution in [0.5, 0.6) is 0 Å². The quantitative estimate of drug-likeness (QED) is 0.417. The minimum absolute atomic E-state index is 0.216. The average Bonchev–Trinajstić information content (AvgIpc) is 2.66. The Kier molecular flexibility index (Phi) is 10.5. The van der Waals surface area contributed by atoms with Crippen LogP contribution in [0.4, 0.5) is 0 Å². The lowest BCUT2D eigenvalue weighted by atomic mass is 10.0. The summed E-state index contributed by atoms with van der Waals surface area (Å²) in [6, 6.07) is 0. The molecule has 1 heterocycles. The van der Waals surface area contributed by atoms with Gasteiger partial charge in [-0.3, -0.25) is 9.59 Å². The van der Waals surface area contributed by atoms with Crippen LogP contribution < -0.4 is 5.56 Å². The third-order valence-electron chi connectivity index (χ3n) is 4.52. The first-order valence-corrected chi connectivity index (χ1v) is 10.2. The normalized spacial score (nSPS) is 13.8. The SMILES string of the molecule is C\C=C/C(Cl)=C\C=C(/C)c1nc(C)c(CN(C=O)CC(C)CCCC)c(=O)[nH]1. The summed E-state index contributed by atoms with van der Waals surface area (Å²) < 4.78 is 0. The van der Waals surface area contributed by atoms with Gasteiger partial charge >= 0.3 is 0 Å². The molecule has 1 amide bonds. The smallest absolute Gasteiger partial charge is 0.256 e. The predicted octanol–water partition coefficient (Wildman–Crippen LogP) is 4.97. The number of aromatic amines is 1. The highest BCUT2D eigenvalue weighted by Crippen LogP contribution is 2.14. The lowest BCUT2D eigenvalue weighted by Gasteiger charge is -2.22. The van der Waals surface area contributed by atoms with Crippen molar-refractivity contribution in [2.45, 2.75) is 60.4 Å². The van der Waals surface area contributed by atoms with Gasteiger partial charge in [-0.25, -0.2) is 4.98 Å². The van der Waals surface area contributed by atoms with Crippen molar-refractivity contribution < 1.29 is 4.79 Å². The summed E-state index contributed by atoms with van der Waals surface area (Å²) in [6.45, 7) is 10.7. The number of nitrogens with one attached hydrogen (secondary N) is 1. The molecule has 1 unspecified atom stereocenters. The highest BCUT2D eigenvalue weighted by molar-refractivity contribution is 6.31. The Morgan fingerprint density at radius 2 is 2.07 bits per heavy atom. The molecule has 0 spiro atoms. The van der Waals surface area contributed by atoms with Gasteiger partial charge in [0.15, 0.2) is 0 Å². The minimum atomic E-state index is -0.216. The standard InChI is InChI=1S/C22H32ClN3O2/c1-6-8-10-16(3)13-26(15-27)14-20-18(5)24-21(25-22(20)28)17(4)11-12-19(23)9-7-2/h7,9,11-12,15-16H,6,8,10,13-14H2,1-5H3,(H,24,25,28)/b9-7-,17-11+,19-12+. The van der Waals surface area contributed by atoms with Gasteiger partial charge in [0.25, 0.3) is 5.56 Å². The summed E-state index contributed by atoms with van der Waals surface area (Å²) in [5, 5.41) is 0.594. The first kappa shape index (κ1) is 23.9. The fourth-order valence-electron chi connectivity index (χ4n) is 2.87. The molecule has 0 aliphatic carbocycles. The zero-order valence-corrected chi connectivity index (χ0v) is 18.3. The first-order chi connectivity index (χ1) is 13.3. The van der Waals surface area contributed by atoms with Crippen molar-refractivity contribution in [3.8, 4) is 0 Å². The molecule has 0 aliphatic heterocycles. The Balaban J connectivity index is 2.99. The molecular weight excluding hydrogens is 374 g/mol. The van der Waals surface area contributed by atoms with Gasteiger partial charge in [0.1, 0.15) is 5.82 Å². The van der Waals surface area contributed by atoms with E-state index in [1.165, 1.54) is 0 Å². The number of aromatic nitrogens is 2. The summed E-state index contributed by atoms with van der Waals surface area (Å²) in [4.78, 5) is 33.1. The third-order valence-corrected chi connectivity index (χ3v) is 4.77. The number of H-pyrrole nitrogens is 1. The minimum Gasteiger partial charge on any atom is -0.340 e. The van der Waals surface area contributed by atoms with E-state index < -0.39 is 0 Å². The molecule has 1 N–H and O–H groups in total. The highest BCUT2D eigenvalue weighted by Gasteiger charge is 2.14. The van der Waals surface area contributed by atoms with Crippen molar-refractivity contribution in [2.75, 3.05) is 6.54 Å². The molecule has 0 bridgehead atoms. The molecule has 0 saturated heterocycles. The van der Waals surface area contributed by atoms with E-state index in [9.17, 15) is 9.59 Å². The number of amides is 1. The van der Waals surface area contributed by atoms with E-state index >= 15 is 0 Å². The fourth-order valence-corrected chi connectivity index (χ4v) is 3.06. The molecule has 0 aromatic carbocycles. The van der Waals surface area contributed by atoms with Gasteiger partial charge in [0.05, 0.1) is 17.8 Å². The van der Waals surface area contributed by atoms with Crippen LogP contribution in [-0.2, 0) is 11.3 Å². The number of carbonyl (C=O) groups is 1. The number of nitrogens with zero attached hydrogens (tertiary/aromatic N) is 2. The zero-order valence-electron chi connectivity index (χ0n) is 17.6. The van der Waals surface area contributed by atoms with Crippen LogP contribution in [0.1, 0.15) is 64.0 Å². The fraction of sp³-hybridized carbons (Fsp3) is 0.500. The largest absolute Gasteiger partial charge is 0.340 e. The van der Waals surface area contributed by atoms with E-state index in [-0.39, 0.29) is 12.1 Å². The van der Waals surface area contributed by atoms with Gasteiger partial charge in [0, 0.05) is 11.6 Å². The number of aryl methyl sites for hydroxylation is 1. The number of hydrogen-bond donors (Lipinski definition) is 1. The number of hydrogen-bond acceptors (Lipinski definition) is 3. The van der Waals surface area contributed by atoms with Crippen molar-refractivity contribution >= 4 is 23.6 Å². The lowest BCUT2D eigenvalue weighted by molar-refractivity contribution is -0.119. The molecule has 154 valence electrons. The van der Waals surface area contributed by atoms with E-state index in [4.69, 9.17) is 11.6 Å². The van der Waals surface area contributed by atoms with E-state index in [2.05, 4.69) is 23.8 Å². The van der Waals surface area contributed by atoms with Crippen molar-refractivity contribution in [3.05, 3.63) is 56.8 Å². The van der Waals surface area contributed by atoms with Gasteiger partial charge < -0.3 is 9.88 Å². The van der Waals surface area contributed by atoms with Crippen LogP contribution in [-0.4, -0.2) is 27.8 Å². The topological polar surface area (TPSA) is 66.1 Å². The second-order valence-electron chi connectivity index (χ2n) is 7.16. The van der Waals surface area contributed by atoms with Crippen LogP contribution in [0.15, 0.2) is 34.1 Å². The van der Waals surface area contributed by atoms with Gasteiger partial charge in [-0.05, 0) is 50.8 Å². The molecule has 0 aliphatic rings. The summed E-state index contributed by atoms with van der Waals surface area (Å²) in [5.41, 5.74) is 1.73. The van der Waals surface area contributed by atoms with Gasteiger partial charge in [-0.15, -0.1) is 0 Å². The molecule has 1 aromatic rings. The van der Waals surface area contributed by atoms with E-state index in [1.807, 2.05) is 26.0 Å². The summed E-state index contributed by atoms with van der Waals surface area (Å²) >= 11 is 6.05. The molecule has 5 nitrogen and oxygen atoms in total. The Hall–Kier alpha value is -2.14. The van der Waals surface area contributed by atoms with Crippen molar-refractivity contribution in [1.82, 2.24) is 14.9 Å². The Morgan fingerprint density at radius 1 is 1.36 bits per heavy atom. The molecule has 1 rings (SSSR count). The lowest BCUT2D eigenvalue weighted by Crippen LogP contribution is -2.31. The maximum atomic E-state index is 12.6. The van der Waals surface area contributed by atoms with Crippen LogP contribution in [0, 0.1) is 12.8 Å². The average molecular weight is 406 g/mol. The number of allylic oxidation sites excluding steroid dienone is 6. The summed E-state index contributed by atoms with van der Waals surface area (Å²) in [6.07, 6.45) is 11.4. The number of unbranched alkanes of at least 4 members (excludes halogenated alkanes) is 1. The van der Waals surface area contributed by atoms with Gasteiger partial charge in [0.2, 0.25) is 6.41 Å². The van der Waals surface area contributed by atoms with Crippen LogP contribution in [0.3, 0.4) is 0 Å². The Morgan fingerprint density at radius 3 is 2.64 bits per heavy atom. The van der Waals surface area contributed by atoms with Gasteiger partial charge in [-0.1, -0.05) is 50.4 Å². The summed E-state index contributed by atoms with van der Waals surface area (Å²) in [7, 11) is 0. The molecule has 6 heteroatoms. The van der Waals surface area contributed by atoms with E-state index in [1.54, 1.807) is 24.0 Å². The molecule has 0 saturated carbocycles. The summed E-state index contributed by atoms with van der Waals surface area (Å²) in [5.74, 6) is 0.900. The van der Waals surface area contributed by atoms with Crippen molar-refractivity contribution in [1.29, 1.82) is 0 Å². The predicted molar refractivity (Wildman–Crippen MR) is 117 cm³/mol. The maximum Gasteiger partial charge on any atom is 0.256 e. The van der Waals surface area contributed by atoms with Crippen LogP contribution in [0.25, 0.3) is 5.57 Å². The van der Waals surface area contributed by atoms with Crippen LogP contribution in [0.2, 0.25) is 0 Å². The highest BCUT2D eigenvalue weighted by atomic mass is 35.5. The van der Waals surface area contributed by atoms with Gasteiger partial charge in [-0.2, -0.15) is 0 Å². The molecule has 1 aromatic heterocycles. The zero-order chi connectivity index (χ0) is 21.1. The number of halogens is 1. The Bertz CT molecular complexity index is 793. The maximum absolute atomic E-state index is 12.6. The monoisotopic (exact) mass is 405 g/mol. The van der Waals surface area contributed by atoms with Crippen molar-refractivity contribution in [3.63, 3.8) is 0 Å². The molecule has 0 fully saturated rings. The van der Waals surface area contributed by atoms with E-state index in [0.717, 1.165) is 31.2 Å². The third kappa shape index (κ3) is 7.85. The second-order valence-corrected chi connectivity index (χ2v) is 7.60. The molecular formula is C22H32ClN3O2. The first-order valence-electron chi connectivity index (χ1n) is 9.78. The molecule has 0 radical (unpaired) electrons. The second kappa shape index (κ2) is 12.3. The van der Waals surface area contributed by atoms with E-state index in [0.29, 0.717) is 34.6 Å². The number of rotatable bonds is 11. The molecule has 28 heavy (non-hydrogen) atoms. The van der Waals surface area contributed by atoms with Crippen molar-refractivity contribution in [2.24, 2.45) is 5.92 Å². The van der Waals surface area contributed by atoms with Crippen LogP contribution >= 0.6 is 11.6 Å². The molecule has 1 atom stereocenters. The number of carbonyl (C=O) groups excluding carboxylic acids is 1. The Labute approximate surface area is 173 Å².